The molecule has 1 heterocycles. The Labute approximate surface area is 99.6 Å². The van der Waals surface area contributed by atoms with Crippen molar-refractivity contribution < 1.29 is 4.74 Å². The normalized spacial score (nSPS) is 19.9. The van der Waals surface area contributed by atoms with Gasteiger partial charge >= 0.3 is 0 Å². The monoisotopic (exact) mass is 226 g/mol. The maximum absolute atomic E-state index is 5.97. The lowest BCUT2D eigenvalue weighted by Gasteiger charge is -2.40. The molecule has 1 fully saturated rings. The first-order valence-corrected chi connectivity index (χ1v) is 6.37. The molecule has 0 unspecified atom stereocenters. The Hall–Kier alpha value is -0.380. The number of rotatable bonds is 7. The van der Waals surface area contributed by atoms with Crippen LogP contribution in [0.4, 0.5) is 0 Å². The topological polar surface area (TPSA) is 38.5 Å². The van der Waals surface area contributed by atoms with E-state index < -0.39 is 0 Å². The number of hydrogen-bond donors (Lipinski definition) is 1. The van der Waals surface area contributed by atoms with Crippen molar-refractivity contribution in [2.75, 3.05) is 39.4 Å². The van der Waals surface area contributed by atoms with Gasteiger partial charge in [0.25, 0.3) is 0 Å². The number of nitrogens with zero attached hydrogens (tertiary/aromatic N) is 1. The number of ether oxygens (including phenoxy) is 1. The van der Waals surface area contributed by atoms with E-state index in [1.165, 1.54) is 6.42 Å². The van der Waals surface area contributed by atoms with Gasteiger partial charge in [-0.15, -0.1) is 6.58 Å². The van der Waals surface area contributed by atoms with Crippen LogP contribution in [0.3, 0.4) is 0 Å². The minimum atomic E-state index is 0.274. The van der Waals surface area contributed by atoms with Gasteiger partial charge in [-0.1, -0.05) is 13.0 Å². The Morgan fingerprint density at radius 2 is 2.12 bits per heavy atom. The average Bonchev–Trinajstić information content (AvgIpc) is 2.31. The molecule has 0 aliphatic carbocycles. The molecular weight excluding hydrogens is 200 g/mol. The summed E-state index contributed by atoms with van der Waals surface area (Å²) in [4.78, 5) is 2.46. The lowest BCUT2D eigenvalue weighted by molar-refractivity contribution is 0.00161. The standard InChI is InChI=1S/C13H26N2O/c1-3-7-15(8-4-2)12-13(11-14)5-9-16-10-6-13/h3H,1,4-12,14H2,2H3. The third kappa shape index (κ3) is 3.89. The van der Waals surface area contributed by atoms with Gasteiger partial charge < -0.3 is 10.5 Å². The summed E-state index contributed by atoms with van der Waals surface area (Å²) in [5, 5.41) is 0. The second-order valence-corrected chi connectivity index (χ2v) is 4.84. The zero-order chi connectivity index (χ0) is 11.9. The lowest BCUT2D eigenvalue weighted by atomic mass is 9.79. The Balaban J connectivity index is 2.53. The third-order valence-corrected chi connectivity index (χ3v) is 3.47. The van der Waals surface area contributed by atoms with E-state index in [0.717, 1.165) is 52.2 Å². The van der Waals surface area contributed by atoms with E-state index in [1.807, 2.05) is 6.08 Å². The molecule has 3 nitrogen and oxygen atoms in total. The summed E-state index contributed by atoms with van der Waals surface area (Å²) < 4.78 is 5.43. The summed E-state index contributed by atoms with van der Waals surface area (Å²) in [5.41, 5.74) is 6.25. The third-order valence-electron chi connectivity index (χ3n) is 3.47. The van der Waals surface area contributed by atoms with Gasteiger partial charge in [-0.25, -0.2) is 0 Å². The summed E-state index contributed by atoms with van der Waals surface area (Å²) in [6.45, 7) is 11.7. The SMILES string of the molecule is C=CCN(CCC)CC1(CN)CCOCC1. The van der Waals surface area contributed by atoms with Crippen LogP contribution in [-0.2, 0) is 4.74 Å². The second kappa shape index (κ2) is 7.05. The van der Waals surface area contributed by atoms with Gasteiger partial charge in [0, 0.05) is 26.3 Å². The highest BCUT2D eigenvalue weighted by atomic mass is 16.5. The Kier molecular flexibility index (Phi) is 6.03. The van der Waals surface area contributed by atoms with E-state index in [2.05, 4.69) is 18.4 Å². The van der Waals surface area contributed by atoms with E-state index in [0.29, 0.717) is 0 Å². The molecule has 1 rings (SSSR count). The molecule has 0 atom stereocenters. The largest absolute Gasteiger partial charge is 0.381 e. The van der Waals surface area contributed by atoms with Crippen molar-refractivity contribution >= 4 is 0 Å². The molecule has 1 aliphatic rings. The first-order valence-electron chi connectivity index (χ1n) is 6.37. The van der Waals surface area contributed by atoms with Gasteiger partial charge in [0.05, 0.1) is 0 Å². The van der Waals surface area contributed by atoms with Crippen molar-refractivity contribution in [1.82, 2.24) is 4.90 Å². The minimum absolute atomic E-state index is 0.274. The zero-order valence-electron chi connectivity index (χ0n) is 10.6. The van der Waals surface area contributed by atoms with Gasteiger partial charge in [-0.2, -0.15) is 0 Å². The van der Waals surface area contributed by atoms with Crippen molar-refractivity contribution in [3.8, 4) is 0 Å². The summed E-state index contributed by atoms with van der Waals surface area (Å²) in [7, 11) is 0. The van der Waals surface area contributed by atoms with Crippen LogP contribution >= 0.6 is 0 Å². The summed E-state index contributed by atoms with van der Waals surface area (Å²) >= 11 is 0. The fourth-order valence-electron chi connectivity index (χ4n) is 2.44. The van der Waals surface area contributed by atoms with Crippen LogP contribution in [0.2, 0.25) is 0 Å². The molecule has 0 bridgehead atoms. The second-order valence-electron chi connectivity index (χ2n) is 4.84. The van der Waals surface area contributed by atoms with Crippen molar-refractivity contribution in [1.29, 1.82) is 0 Å². The summed E-state index contributed by atoms with van der Waals surface area (Å²) in [5.74, 6) is 0. The fraction of sp³-hybridized carbons (Fsp3) is 0.846. The molecule has 0 amide bonds. The maximum atomic E-state index is 5.97. The zero-order valence-corrected chi connectivity index (χ0v) is 10.6. The molecule has 0 saturated carbocycles. The number of hydrogen-bond acceptors (Lipinski definition) is 3. The average molecular weight is 226 g/mol. The van der Waals surface area contributed by atoms with Gasteiger partial charge in [0.15, 0.2) is 0 Å². The molecule has 1 saturated heterocycles. The van der Waals surface area contributed by atoms with E-state index >= 15 is 0 Å². The molecule has 0 radical (unpaired) electrons. The molecule has 94 valence electrons. The lowest BCUT2D eigenvalue weighted by Crippen LogP contribution is -2.46. The van der Waals surface area contributed by atoms with E-state index in [1.54, 1.807) is 0 Å². The molecule has 0 spiro atoms. The van der Waals surface area contributed by atoms with Gasteiger partial charge in [0.1, 0.15) is 0 Å². The summed E-state index contributed by atoms with van der Waals surface area (Å²) in [6.07, 6.45) is 5.37. The Bertz CT molecular complexity index is 200. The van der Waals surface area contributed by atoms with E-state index in [4.69, 9.17) is 10.5 Å². The minimum Gasteiger partial charge on any atom is -0.381 e. The van der Waals surface area contributed by atoms with Crippen LogP contribution in [0.5, 0.6) is 0 Å². The highest BCUT2D eigenvalue weighted by Crippen LogP contribution is 2.30. The molecule has 0 aromatic carbocycles. The van der Waals surface area contributed by atoms with Crippen LogP contribution in [0, 0.1) is 5.41 Å². The van der Waals surface area contributed by atoms with Gasteiger partial charge in [-0.3, -0.25) is 4.90 Å². The van der Waals surface area contributed by atoms with Gasteiger partial charge in [0.2, 0.25) is 0 Å². The maximum Gasteiger partial charge on any atom is 0.0472 e. The molecule has 3 heteroatoms. The van der Waals surface area contributed by atoms with Crippen LogP contribution < -0.4 is 5.73 Å². The molecule has 0 aromatic heterocycles. The molecular formula is C13H26N2O. The summed E-state index contributed by atoms with van der Waals surface area (Å²) in [6, 6.07) is 0. The Morgan fingerprint density at radius 1 is 1.44 bits per heavy atom. The predicted octanol–water partition coefficient (Wildman–Crippen LogP) is 1.64. The van der Waals surface area contributed by atoms with Crippen molar-refractivity contribution in [3.05, 3.63) is 12.7 Å². The first kappa shape index (κ1) is 13.7. The van der Waals surface area contributed by atoms with Crippen LogP contribution in [0.15, 0.2) is 12.7 Å². The van der Waals surface area contributed by atoms with Crippen molar-refractivity contribution in [2.24, 2.45) is 11.1 Å². The van der Waals surface area contributed by atoms with Crippen molar-refractivity contribution in [2.45, 2.75) is 26.2 Å². The first-order chi connectivity index (χ1) is 7.76. The highest BCUT2D eigenvalue weighted by molar-refractivity contribution is 4.87. The number of nitrogens with two attached hydrogens (primary N) is 1. The van der Waals surface area contributed by atoms with Crippen LogP contribution in [-0.4, -0.2) is 44.3 Å². The quantitative estimate of drug-likeness (QED) is 0.671. The van der Waals surface area contributed by atoms with E-state index in [9.17, 15) is 0 Å². The molecule has 2 N–H and O–H groups in total. The fourth-order valence-corrected chi connectivity index (χ4v) is 2.44. The van der Waals surface area contributed by atoms with E-state index in [-0.39, 0.29) is 5.41 Å². The molecule has 0 aromatic rings. The smallest absolute Gasteiger partial charge is 0.0472 e. The molecule has 16 heavy (non-hydrogen) atoms. The Morgan fingerprint density at radius 3 is 2.62 bits per heavy atom. The van der Waals surface area contributed by atoms with Crippen LogP contribution in [0.1, 0.15) is 26.2 Å². The molecule has 1 aliphatic heterocycles. The highest BCUT2D eigenvalue weighted by Gasteiger charge is 2.32. The van der Waals surface area contributed by atoms with Crippen LogP contribution in [0.25, 0.3) is 0 Å². The van der Waals surface area contributed by atoms with Crippen molar-refractivity contribution in [3.63, 3.8) is 0 Å². The predicted molar refractivity (Wildman–Crippen MR) is 68.5 cm³/mol. The van der Waals surface area contributed by atoms with Gasteiger partial charge in [-0.05, 0) is 37.8 Å².